The first kappa shape index (κ1) is 15.6. The monoisotopic (exact) mass is 303 g/mol. The largest absolute Gasteiger partial charge is 0.497 e. The van der Waals surface area contributed by atoms with E-state index in [0.717, 1.165) is 11.3 Å². The van der Waals surface area contributed by atoms with Gasteiger partial charge in [-0.3, -0.25) is 9.48 Å². The van der Waals surface area contributed by atoms with Crippen LogP contribution in [0.2, 0.25) is 0 Å². The van der Waals surface area contributed by atoms with Crippen LogP contribution in [0.4, 0.5) is 0 Å². The standard InChI is InChI=1S/C15H17N3O4/c1-18-13(15(20)21)12(9-17-18)14(19)16-8-7-10-3-5-11(22-2)6-4-10/h3-6,9H,7-8H2,1-2H3,(H,16,19)(H,20,21). The summed E-state index contributed by atoms with van der Waals surface area (Å²) >= 11 is 0. The van der Waals surface area contributed by atoms with Crippen molar-refractivity contribution >= 4 is 11.9 Å². The number of aryl methyl sites for hydroxylation is 1. The molecule has 1 heterocycles. The SMILES string of the molecule is COc1ccc(CCNC(=O)c2cnn(C)c2C(=O)O)cc1. The minimum Gasteiger partial charge on any atom is -0.497 e. The Morgan fingerprint density at radius 2 is 2.00 bits per heavy atom. The summed E-state index contributed by atoms with van der Waals surface area (Å²) in [5, 5.41) is 15.6. The van der Waals surface area contributed by atoms with Gasteiger partial charge in [0.25, 0.3) is 5.91 Å². The van der Waals surface area contributed by atoms with Gasteiger partial charge in [-0.25, -0.2) is 4.79 Å². The Hall–Kier alpha value is -2.83. The lowest BCUT2D eigenvalue weighted by Crippen LogP contribution is -2.27. The molecule has 2 rings (SSSR count). The summed E-state index contributed by atoms with van der Waals surface area (Å²) in [4.78, 5) is 23.1. The zero-order chi connectivity index (χ0) is 16.1. The number of nitrogens with one attached hydrogen (secondary N) is 1. The molecule has 22 heavy (non-hydrogen) atoms. The number of nitrogens with zero attached hydrogens (tertiary/aromatic N) is 2. The van der Waals surface area contributed by atoms with Crippen molar-refractivity contribution in [3.05, 3.63) is 47.3 Å². The first-order valence-corrected chi connectivity index (χ1v) is 6.69. The van der Waals surface area contributed by atoms with Crippen molar-refractivity contribution in [2.24, 2.45) is 7.05 Å². The molecule has 0 fully saturated rings. The van der Waals surface area contributed by atoms with E-state index in [-0.39, 0.29) is 11.3 Å². The van der Waals surface area contributed by atoms with Crippen molar-refractivity contribution in [2.75, 3.05) is 13.7 Å². The maximum absolute atomic E-state index is 12.0. The number of carboxylic acids is 1. The molecule has 0 saturated carbocycles. The minimum atomic E-state index is -1.18. The van der Waals surface area contributed by atoms with E-state index < -0.39 is 11.9 Å². The molecule has 0 bridgehead atoms. The van der Waals surface area contributed by atoms with E-state index in [0.29, 0.717) is 13.0 Å². The minimum absolute atomic E-state index is 0.0599. The molecule has 2 N–H and O–H groups in total. The molecule has 2 aromatic rings. The molecule has 7 nitrogen and oxygen atoms in total. The molecule has 0 unspecified atom stereocenters. The lowest BCUT2D eigenvalue weighted by atomic mass is 10.1. The van der Waals surface area contributed by atoms with Crippen molar-refractivity contribution in [3.8, 4) is 5.75 Å². The van der Waals surface area contributed by atoms with Gasteiger partial charge in [0.1, 0.15) is 5.75 Å². The van der Waals surface area contributed by atoms with Gasteiger partial charge >= 0.3 is 5.97 Å². The number of hydrogen-bond donors (Lipinski definition) is 2. The van der Waals surface area contributed by atoms with Crippen LogP contribution in [0.1, 0.15) is 26.4 Å². The van der Waals surface area contributed by atoms with Gasteiger partial charge in [0, 0.05) is 13.6 Å². The van der Waals surface area contributed by atoms with Crippen molar-refractivity contribution in [2.45, 2.75) is 6.42 Å². The molecular formula is C15H17N3O4. The van der Waals surface area contributed by atoms with E-state index in [9.17, 15) is 9.59 Å². The first-order chi connectivity index (χ1) is 10.5. The molecule has 0 aliphatic carbocycles. The number of methoxy groups -OCH3 is 1. The quantitative estimate of drug-likeness (QED) is 0.833. The van der Waals surface area contributed by atoms with Crippen molar-refractivity contribution in [1.82, 2.24) is 15.1 Å². The molecule has 1 amide bonds. The summed E-state index contributed by atoms with van der Waals surface area (Å²) in [6, 6.07) is 7.52. The van der Waals surface area contributed by atoms with E-state index in [1.54, 1.807) is 7.11 Å². The van der Waals surface area contributed by atoms with Crippen LogP contribution in [-0.4, -0.2) is 40.4 Å². The smallest absolute Gasteiger partial charge is 0.354 e. The Morgan fingerprint density at radius 1 is 1.32 bits per heavy atom. The van der Waals surface area contributed by atoms with E-state index in [1.807, 2.05) is 24.3 Å². The highest BCUT2D eigenvalue weighted by Crippen LogP contribution is 2.11. The summed E-state index contributed by atoms with van der Waals surface area (Å²) in [7, 11) is 3.08. The molecule has 0 saturated heterocycles. The Bertz CT molecular complexity index is 677. The Morgan fingerprint density at radius 3 is 2.59 bits per heavy atom. The lowest BCUT2D eigenvalue weighted by molar-refractivity contribution is 0.0679. The second-order valence-electron chi connectivity index (χ2n) is 4.69. The fourth-order valence-corrected chi connectivity index (χ4v) is 2.07. The summed E-state index contributed by atoms with van der Waals surface area (Å²) in [6.45, 7) is 0.402. The number of carbonyl (C=O) groups excluding carboxylic acids is 1. The van der Waals surface area contributed by atoms with Crippen LogP contribution < -0.4 is 10.1 Å². The van der Waals surface area contributed by atoms with Gasteiger partial charge in [0.2, 0.25) is 0 Å². The molecule has 0 atom stereocenters. The maximum atomic E-state index is 12.0. The number of hydrogen-bond acceptors (Lipinski definition) is 4. The third kappa shape index (κ3) is 3.43. The zero-order valence-electron chi connectivity index (χ0n) is 12.4. The highest BCUT2D eigenvalue weighted by molar-refractivity contribution is 6.03. The van der Waals surface area contributed by atoms with Crippen molar-refractivity contribution < 1.29 is 19.4 Å². The molecule has 0 aliphatic heterocycles. The Kier molecular flexibility index (Phi) is 4.77. The molecule has 0 spiro atoms. The van der Waals surface area contributed by atoms with E-state index in [2.05, 4.69) is 10.4 Å². The third-order valence-electron chi connectivity index (χ3n) is 3.24. The lowest BCUT2D eigenvalue weighted by Gasteiger charge is -2.06. The summed E-state index contributed by atoms with van der Waals surface area (Å²) < 4.78 is 6.24. The average Bonchev–Trinajstić information content (AvgIpc) is 2.90. The number of aromatic carboxylic acids is 1. The number of benzene rings is 1. The number of carbonyl (C=O) groups is 2. The second kappa shape index (κ2) is 6.75. The fraction of sp³-hybridized carbons (Fsp3) is 0.267. The maximum Gasteiger partial charge on any atom is 0.354 e. The van der Waals surface area contributed by atoms with Crippen LogP contribution in [0.5, 0.6) is 5.75 Å². The fourth-order valence-electron chi connectivity index (χ4n) is 2.07. The molecule has 7 heteroatoms. The highest BCUT2D eigenvalue weighted by atomic mass is 16.5. The van der Waals surface area contributed by atoms with Crippen LogP contribution in [0.3, 0.4) is 0 Å². The highest BCUT2D eigenvalue weighted by Gasteiger charge is 2.20. The first-order valence-electron chi connectivity index (χ1n) is 6.69. The van der Waals surface area contributed by atoms with Crippen LogP contribution in [-0.2, 0) is 13.5 Å². The van der Waals surface area contributed by atoms with E-state index >= 15 is 0 Å². The molecule has 116 valence electrons. The number of aromatic nitrogens is 2. The second-order valence-corrected chi connectivity index (χ2v) is 4.69. The number of rotatable bonds is 6. The van der Waals surface area contributed by atoms with Crippen LogP contribution in [0.25, 0.3) is 0 Å². The van der Waals surface area contributed by atoms with Gasteiger partial charge in [-0.1, -0.05) is 12.1 Å². The van der Waals surface area contributed by atoms with Crippen LogP contribution >= 0.6 is 0 Å². The number of carboxylic acid groups (broad SMARTS) is 1. The van der Waals surface area contributed by atoms with Gasteiger partial charge in [0.15, 0.2) is 5.69 Å². The number of amides is 1. The summed E-state index contributed by atoms with van der Waals surface area (Å²) in [5.74, 6) is -0.853. The predicted molar refractivity (Wildman–Crippen MR) is 79.2 cm³/mol. The summed E-state index contributed by atoms with van der Waals surface area (Å²) in [6.07, 6.45) is 1.89. The van der Waals surface area contributed by atoms with Crippen molar-refractivity contribution in [1.29, 1.82) is 0 Å². The molecule has 0 aliphatic rings. The Labute approximate surface area is 127 Å². The molecule has 0 radical (unpaired) electrons. The average molecular weight is 303 g/mol. The van der Waals surface area contributed by atoms with Gasteiger partial charge < -0.3 is 15.2 Å². The topological polar surface area (TPSA) is 93.5 Å². The normalized spacial score (nSPS) is 10.3. The predicted octanol–water partition coefficient (Wildman–Crippen LogP) is 1.10. The third-order valence-corrected chi connectivity index (χ3v) is 3.24. The summed E-state index contributed by atoms with van der Waals surface area (Å²) in [5.41, 5.74) is 0.984. The van der Waals surface area contributed by atoms with Gasteiger partial charge in [0.05, 0.1) is 18.9 Å². The van der Waals surface area contributed by atoms with E-state index in [4.69, 9.17) is 9.84 Å². The van der Waals surface area contributed by atoms with Crippen molar-refractivity contribution in [3.63, 3.8) is 0 Å². The zero-order valence-corrected chi connectivity index (χ0v) is 12.4. The van der Waals surface area contributed by atoms with Crippen LogP contribution in [0.15, 0.2) is 30.5 Å². The van der Waals surface area contributed by atoms with Gasteiger partial charge in [-0.15, -0.1) is 0 Å². The molecule has 1 aromatic carbocycles. The molecular weight excluding hydrogens is 286 g/mol. The number of ether oxygens (including phenoxy) is 1. The van der Waals surface area contributed by atoms with E-state index in [1.165, 1.54) is 17.9 Å². The van der Waals surface area contributed by atoms with Gasteiger partial charge in [-0.05, 0) is 24.1 Å². The molecule has 1 aromatic heterocycles. The van der Waals surface area contributed by atoms with Crippen LogP contribution in [0, 0.1) is 0 Å². The van der Waals surface area contributed by atoms with Gasteiger partial charge in [-0.2, -0.15) is 5.10 Å². The Balaban J connectivity index is 1.94.